The van der Waals surface area contributed by atoms with E-state index in [1.165, 1.54) is 0 Å². The maximum Gasteiger partial charge on any atom is 0.142 e. The van der Waals surface area contributed by atoms with Crippen LogP contribution >= 0.6 is 0 Å². The highest BCUT2D eigenvalue weighted by atomic mass is 16.5. The Bertz CT molecular complexity index is 318. The third kappa shape index (κ3) is 2.86. The average molecular weight is 205 g/mol. The molecule has 2 rings (SSSR count). The lowest BCUT2D eigenvalue weighted by Crippen LogP contribution is -2.24. The summed E-state index contributed by atoms with van der Waals surface area (Å²) in [5.74, 6) is 0.484. The lowest BCUT2D eigenvalue weighted by atomic mass is 9.93. The monoisotopic (exact) mass is 205 g/mol. The average Bonchev–Trinajstić information content (AvgIpc) is 2.31. The number of carbonyl (C=O) groups is 1. The van der Waals surface area contributed by atoms with Crippen LogP contribution < -0.4 is 0 Å². The lowest BCUT2D eigenvalue weighted by Gasteiger charge is -2.20. The van der Waals surface area contributed by atoms with Crippen LogP contribution in [0.4, 0.5) is 0 Å². The Kier molecular flexibility index (Phi) is 3.45. The van der Waals surface area contributed by atoms with Crippen LogP contribution in [0, 0.1) is 5.92 Å². The second-order valence-corrected chi connectivity index (χ2v) is 3.85. The smallest absolute Gasteiger partial charge is 0.142 e. The molecule has 1 aromatic rings. The van der Waals surface area contributed by atoms with Crippen LogP contribution in [0.3, 0.4) is 0 Å². The number of ketones is 1. The first-order chi connectivity index (χ1) is 7.36. The van der Waals surface area contributed by atoms with Crippen LogP contribution in [-0.2, 0) is 16.0 Å². The first-order valence-electron chi connectivity index (χ1n) is 5.36. The quantitative estimate of drug-likeness (QED) is 0.752. The first-order valence-corrected chi connectivity index (χ1v) is 5.36. The second kappa shape index (κ2) is 5.03. The normalized spacial score (nSPS) is 17.6. The summed E-state index contributed by atoms with van der Waals surface area (Å²) in [5.41, 5.74) is 0.869. The van der Waals surface area contributed by atoms with Crippen LogP contribution in [0.25, 0.3) is 0 Å². The van der Waals surface area contributed by atoms with Gasteiger partial charge in [-0.15, -0.1) is 0 Å². The van der Waals surface area contributed by atoms with Gasteiger partial charge in [0.1, 0.15) is 5.78 Å². The van der Waals surface area contributed by atoms with Crippen molar-refractivity contribution in [2.24, 2.45) is 5.92 Å². The Labute approximate surface area is 89.5 Å². The fourth-order valence-corrected chi connectivity index (χ4v) is 1.85. The summed E-state index contributed by atoms with van der Waals surface area (Å²) in [6.07, 6.45) is 3.93. The van der Waals surface area contributed by atoms with Gasteiger partial charge >= 0.3 is 0 Å². The van der Waals surface area contributed by atoms with Gasteiger partial charge in [-0.1, -0.05) is 6.07 Å². The van der Waals surface area contributed by atoms with Gasteiger partial charge in [-0.25, -0.2) is 0 Å². The van der Waals surface area contributed by atoms with E-state index in [2.05, 4.69) is 4.98 Å². The number of nitrogens with zero attached hydrogens (tertiary/aromatic N) is 1. The van der Waals surface area contributed by atoms with Crippen molar-refractivity contribution in [1.82, 2.24) is 4.98 Å². The van der Waals surface area contributed by atoms with E-state index in [9.17, 15) is 4.79 Å². The zero-order valence-electron chi connectivity index (χ0n) is 8.69. The standard InChI is InChI=1S/C12H15NO2/c14-12(10-4-7-15-8-5-10)9-11-3-1-2-6-13-11/h1-3,6,10H,4-5,7-9H2. The van der Waals surface area contributed by atoms with Gasteiger partial charge in [-0.05, 0) is 25.0 Å². The molecule has 0 radical (unpaired) electrons. The molecule has 0 aliphatic carbocycles. The molecule has 15 heavy (non-hydrogen) atoms. The van der Waals surface area contributed by atoms with Crippen LogP contribution in [0.1, 0.15) is 18.5 Å². The second-order valence-electron chi connectivity index (χ2n) is 3.85. The summed E-state index contributed by atoms with van der Waals surface area (Å²) in [7, 11) is 0. The Balaban J connectivity index is 1.91. The molecule has 0 amide bonds. The molecule has 1 saturated heterocycles. The van der Waals surface area contributed by atoms with E-state index in [1.807, 2.05) is 18.2 Å². The number of hydrogen-bond donors (Lipinski definition) is 0. The number of ether oxygens (including phenoxy) is 1. The van der Waals surface area contributed by atoms with Gasteiger partial charge in [0, 0.05) is 37.4 Å². The largest absolute Gasteiger partial charge is 0.381 e. The molecule has 1 aromatic heterocycles. The minimum atomic E-state index is 0.181. The number of carbonyl (C=O) groups excluding carboxylic acids is 1. The summed E-state index contributed by atoms with van der Waals surface area (Å²) in [5, 5.41) is 0. The highest BCUT2D eigenvalue weighted by Crippen LogP contribution is 2.17. The molecule has 1 fully saturated rings. The number of pyridine rings is 1. The van der Waals surface area contributed by atoms with Gasteiger partial charge < -0.3 is 4.74 Å². The SMILES string of the molecule is O=C(Cc1ccccn1)C1CCOCC1. The van der Waals surface area contributed by atoms with Crippen molar-refractivity contribution in [2.45, 2.75) is 19.3 Å². The van der Waals surface area contributed by atoms with E-state index >= 15 is 0 Å². The van der Waals surface area contributed by atoms with E-state index in [0.717, 1.165) is 31.7 Å². The number of hydrogen-bond acceptors (Lipinski definition) is 3. The molecule has 0 unspecified atom stereocenters. The summed E-state index contributed by atoms with van der Waals surface area (Å²) in [6.45, 7) is 1.44. The van der Waals surface area contributed by atoms with Crippen LogP contribution in [0.2, 0.25) is 0 Å². The summed E-state index contributed by atoms with van der Waals surface area (Å²) >= 11 is 0. The fraction of sp³-hybridized carbons (Fsp3) is 0.500. The summed E-state index contributed by atoms with van der Waals surface area (Å²) in [4.78, 5) is 16.0. The Morgan fingerprint density at radius 3 is 2.87 bits per heavy atom. The highest BCUT2D eigenvalue weighted by Gasteiger charge is 2.21. The van der Waals surface area contributed by atoms with Crippen molar-refractivity contribution in [3.63, 3.8) is 0 Å². The van der Waals surface area contributed by atoms with Gasteiger partial charge in [-0.3, -0.25) is 9.78 Å². The topological polar surface area (TPSA) is 39.2 Å². The number of aromatic nitrogens is 1. The van der Waals surface area contributed by atoms with Crippen molar-refractivity contribution in [1.29, 1.82) is 0 Å². The minimum absolute atomic E-state index is 0.181. The lowest BCUT2D eigenvalue weighted by molar-refractivity contribution is -0.125. The van der Waals surface area contributed by atoms with Crippen molar-refractivity contribution in [3.05, 3.63) is 30.1 Å². The van der Waals surface area contributed by atoms with E-state index < -0.39 is 0 Å². The zero-order chi connectivity index (χ0) is 10.5. The van der Waals surface area contributed by atoms with Crippen molar-refractivity contribution >= 4 is 5.78 Å². The van der Waals surface area contributed by atoms with Gasteiger partial charge in [-0.2, -0.15) is 0 Å². The molecular formula is C12H15NO2. The van der Waals surface area contributed by atoms with E-state index in [4.69, 9.17) is 4.74 Å². The molecule has 80 valence electrons. The van der Waals surface area contributed by atoms with Crippen molar-refractivity contribution in [2.75, 3.05) is 13.2 Å². The van der Waals surface area contributed by atoms with Crippen molar-refractivity contribution < 1.29 is 9.53 Å². The molecule has 3 heteroatoms. The van der Waals surface area contributed by atoms with E-state index in [0.29, 0.717) is 12.2 Å². The summed E-state index contributed by atoms with van der Waals surface area (Å²) in [6, 6.07) is 5.68. The van der Waals surface area contributed by atoms with Gasteiger partial charge in [0.2, 0.25) is 0 Å². The molecule has 2 heterocycles. The highest BCUT2D eigenvalue weighted by molar-refractivity contribution is 5.82. The Morgan fingerprint density at radius 1 is 1.40 bits per heavy atom. The Hall–Kier alpha value is -1.22. The van der Waals surface area contributed by atoms with Gasteiger partial charge in [0.15, 0.2) is 0 Å². The summed E-state index contributed by atoms with van der Waals surface area (Å²) < 4.78 is 5.23. The molecule has 3 nitrogen and oxygen atoms in total. The van der Waals surface area contributed by atoms with Gasteiger partial charge in [0.05, 0.1) is 0 Å². The third-order valence-electron chi connectivity index (χ3n) is 2.76. The third-order valence-corrected chi connectivity index (χ3v) is 2.76. The first kappa shape index (κ1) is 10.3. The van der Waals surface area contributed by atoms with Crippen molar-refractivity contribution in [3.8, 4) is 0 Å². The molecule has 0 bridgehead atoms. The molecule has 0 atom stereocenters. The Morgan fingerprint density at radius 2 is 2.20 bits per heavy atom. The molecule has 0 spiro atoms. The molecule has 1 aliphatic heterocycles. The molecule has 0 aromatic carbocycles. The maximum absolute atomic E-state index is 11.9. The number of Topliss-reactive ketones (excluding diaryl/α,β-unsaturated/α-hetero) is 1. The maximum atomic E-state index is 11.9. The zero-order valence-corrected chi connectivity index (χ0v) is 8.69. The molecule has 1 aliphatic rings. The number of rotatable bonds is 3. The van der Waals surface area contributed by atoms with Crippen LogP contribution in [0.15, 0.2) is 24.4 Å². The molecule has 0 N–H and O–H groups in total. The van der Waals surface area contributed by atoms with Crippen LogP contribution in [-0.4, -0.2) is 24.0 Å². The predicted octanol–water partition coefficient (Wildman–Crippen LogP) is 1.62. The minimum Gasteiger partial charge on any atom is -0.381 e. The predicted molar refractivity (Wildman–Crippen MR) is 56.5 cm³/mol. The fourth-order valence-electron chi connectivity index (χ4n) is 1.85. The van der Waals surface area contributed by atoms with E-state index in [-0.39, 0.29) is 5.92 Å². The molecule has 0 saturated carbocycles. The molecular weight excluding hydrogens is 190 g/mol. The van der Waals surface area contributed by atoms with Crippen LogP contribution in [0.5, 0.6) is 0 Å². The van der Waals surface area contributed by atoms with E-state index in [1.54, 1.807) is 6.20 Å². The van der Waals surface area contributed by atoms with Gasteiger partial charge in [0.25, 0.3) is 0 Å².